The summed E-state index contributed by atoms with van der Waals surface area (Å²) >= 11 is 0. The molecule has 0 aliphatic rings. The van der Waals surface area contributed by atoms with E-state index in [1.54, 1.807) is 0 Å². The van der Waals surface area contributed by atoms with Gasteiger partial charge in [0.05, 0.1) is 13.5 Å². The van der Waals surface area contributed by atoms with E-state index >= 15 is 0 Å². The molecule has 0 saturated heterocycles. The molecule has 0 fully saturated rings. The summed E-state index contributed by atoms with van der Waals surface area (Å²) in [6.45, 7) is 2.18. The first-order chi connectivity index (χ1) is 8.27. The minimum atomic E-state index is -0.135. The maximum absolute atomic E-state index is 11.4. The minimum absolute atomic E-state index is 0. The van der Waals surface area contributed by atoms with Crippen LogP contribution in [0.2, 0.25) is 0 Å². The molecule has 18 heavy (non-hydrogen) atoms. The zero-order valence-corrected chi connectivity index (χ0v) is 14.9. The van der Waals surface area contributed by atoms with Crippen molar-refractivity contribution in [2.45, 2.75) is 44.9 Å². The predicted octanol–water partition coefficient (Wildman–Crippen LogP) is 0.718. The van der Waals surface area contributed by atoms with Crippen molar-refractivity contribution in [2.24, 2.45) is 0 Å². The van der Waals surface area contributed by atoms with Gasteiger partial charge in [0.2, 0.25) is 0 Å². The first-order valence-electron chi connectivity index (χ1n) is 6.31. The number of unbranched alkanes of at least 4 members (excludes halogenated alkanes) is 2. The number of hydrogen-bond donors (Lipinski definition) is 0. The fourth-order valence-corrected chi connectivity index (χ4v) is 1.95. The molecule has 0 aromatic heterocycles. The van der Waals surface area contributed by atoms with E-state index in [1.807, 2.05) is 24.3 Å². The molecule has 1 aromatic carbocycles. The van der Waals surface area contributed by atoms with Gasteiger partial charge in [0.15, 0.2) is 0 Å². The first-order valence-corrected chi connectivity index (χ1v) is 6.31. The average Bonchev–Trinajstić information content (AvgIpc) is 2.38. The number of methoxy groups -OCH3 is 1. The van der Waals surface area contributed by atoms with E-state index in [0.29, 0.717) is 6.42 Å². The second-order valence-corrected chi connectivity index (χ2v) is 4.29. The SMILES string of the molecule is CCCCCC(CC(=O)OC)c1[c-]cccc1.[K+]. The zero-order valence-electron chi connectivity index (χ0n) is 11.7. The normalized spacial score (nSPS) is 11.4. The van der Waals surface area contributed by atoms with Gasteiger partial charge in [-0.2, -0.15) is 35.9 Å². The molecule has 0 spiro atoms. The van der Waals surface area contributed by atoms with Gasteiger partial charge in [-0.3, -0.25) is 4.79 Å². The van der Waals surface area contributed by atoms with Crippen LogP contribution in [-0.4, -0.2) is 13.1 Å². The fourth-order valence-electron chi connectivity index (χ4n) is 1.95. The molecular weight excluding hydrogens is 251 g/mol. The van der Waals surface area contributed by atoms with Crippen molar-refractivity contribution in [3.63, 3.8) is 0 Å². The van der Waals surface area contributed by atoms with E-state index in [1.165, 1.54) is 20.0 Å². The molecule has 3 heteroatoms. The van der Waals surface area contributed by atoms with E-state index in [0.717, 1.165) is 18.4 Å². The molecule has 0 amide bonds. The Hall–Kier alpha value is 0.326. The van der Waals surface area contributed by atoms with Crippen LogP contribution in [0.4, 0.5) is 0 Å². The third-order valence-electron chi connectivity index (χ3n) is 2.97. The van der Waals surface area contributed by atoms with Gasteiger partial charge >= 0.3 is 57.4 Å². The van der Waals surface area contributed by atoms with Crippen molar-refractivity contribution in [1.29, 1.82) is 0 Å². The Morgan fingerprint density at radius 3 is 2.72 bits per heavy atom. The molecule has 0 saturated carbocycles. The molecule has 1 atom stereocenters. The van der Waals surface area contributed by atoms with Gasteiger partial charge in [0.25, 0.3) is 0 Å². The maximum Gasteiger partial charge on any atom is 1.00 e. The predicted molar refractivity (Wildman–Crippen MR) is 68.8 cm³/mol. The van der Waals surface area contributed by atoms with Crippen LogP contribution in [0.1, 0.15) is 50.5 Å². The zero-order chi connectivity index (χ0) is 12.5. The monoisotopic (exact) mass is 272 g/mol. The molecule has 0 bridgehead atoms. The molecule has 1 rings (SSSR count). The van der Waals surface area contributed by atoms with Gasteiger partial charge in [-0.25, -0.2) is 0 Å². The average molecular weight is 272 g/mol. The number of rotatable bonds is 7. The summed E-state index contributed by atoms with van der Waals surface area (Å²) in [7, 11) is 1.44. The summed E-state index contributed by atoms with van der Waals surface area (Å²) in [6, 6.07) is 11.1. The Kier molecular flexibility index (Phi) is 11.4. The molecule has 0 aliphatic heterocycles. The van der Waals surface area contributed by atoms with E-state index in [9.17, 15) is 4.79 Å². The number of ether oxygens (including phenoxy) is 1. The van der Waals surface area contributed by atoms with Crippen LogP contribution in [-0.2, 0) is 9.53 Å². The van der Waals surface area contributed by atoms with Crippen LogP contribution in [0.3, 0.4) is 0 Å². The number of hydrogen-bond acceptors (Lipinski definition) is 2. The minimum Gasteiger partial charge on any atom is -0.469 e. The van der Waals surface area contributed by atoms with Crippen LogP contribution < -0.4 is 51.4 Å². The van der Waals surface area contributed by atoms with Crippen LogP contribution in [0.5, 0.6) is 0 Å². The van der Waals surface area contributed by atoms with E-state index in [2.05, 4.69) is 13.0 Å². The molecule has 2 nitrogen and oxygen atoms in total. The van der Waals surface area contributed by atoms with Gasteiger partial charge in [-0.1, -0.05) is 26.2 Å². The maximum atomic E-state index is 11.4. The van der Waals surface area contributed by atoms with Crippen molar-refractivity contribution in [2.75, 3.05) is 7.11 Å². The van der Waals surface area contributed by atoms with Gasteiger partial charge in [-0.15, -0.1) is 0 Å². The molecular formula is C15H21KO2. The van der Waals surface area contributed by atoms with Gasteiger partial charge in [-0.05, 0) is 12.3 Å². The standard InChI is InChI=1S/C15H21O2.K/c1-3-4-6-11-14(12-15(16)17-2)13-9-7-5-8-10-13;/h5,7-9,14H,3-4,6,11-12H2,1-2H3;/q-1;+1. The summed E-state index contributed by atoms with van der Waals surface area (Å²) in [5.41, 5.74) is 1.12. The van der Waals surface area contributed by atoms with E-state index in [4.69, 9.17) is 4.74 Å². The van der Waals surface area contributed by atoms with Crippen LogP contribution in [0.15, 0.2) is 24.3 Å². The Labute approximate surface area is 153 Å². The van der Waals surface area contributed by atoms with Gasteiger partial charge < -0.3 is 4.74 Å². The van der Waals surface area contributed by atoms with Crippen molar-refractivity contribution in [3.8, 4) is 0 Å². The summed E-state index contributed by atoms with van der Waals surface area (Å²) in [5, 5.41) is 0. The van der Waals surface area contributed by atoms with Gasteiger partial charge in [0, 0.05) is 0 Å². The summed E-state index contributed by atoms with van der Waals surface area (Å²) in [4.78, 5) is 11.4. The Balaban J connectivity index is 0.00000289. The third-order valence-corrected chi connectivity index (χ3v) is 2.97. The number of carbonyl (C=O) groups excluding carboxylic acids is 1. The molecule has 94 valence electrons. The molecule has 0 aliphatic carbocycles. The Bertz CT molecular complexity index is 325. The van der Waals surface area contributed by atoms with E-state index in [-0.39, 0.29) is 63.3 Å². The van der Waals surface area contributed by atoms with Crippen LogP contribution >= 0.6 is 0 Å². The summed E-state index contributed by atoms with van der Waals surface area (Å²) < 4.78 is 4.76. The first kappa shape index (κ1) is 18.3. The number of benzene rings is 1. The molecule has 0 radical (unpaired) electrons. The number of esters is 1. The van der Waals surface area contributed by atoms with Gasteiger partial charge in [0.1, 0.15) is 0 Å². The Morgan fingerprint density at radius 2 is 2.17 bits per heavy atom. The number of carbonyl (C=O) groups is 1. The second-order valence-electron chi connectivity index (χ2n) is 4.29. The van der Waals surface area contributed by atoms with Crippen molar-refractivity contribution >= 4 is 5.97 Å². The quantitative estimate of drug-likeness (QED) is 0.316. The second kappa shape index (κ2) is 11.2. The smallest absolute Gasteiger partial charge is 0.469 e. The summed E-state index contributed by atoms with van der Waals surface area (Å²) in [6.07, 6.45) is 5.05. The van der Waals surface area contributed by atoms with Crippen molar-refractivity contribution in [3.05, 3.63) is 35.9 Å². The van der Waals surface area contributed by atoms with E-state index < -0.39 is 0 Å². The molecule has 0 heterocycles. The van der Waals surface area contributed by atoms with Crippen LogP contribution in [0.25, 0.3) is 0 Å². The summed E-state index contributed by atoms with van der Waals surface area (Å²) in [5.74, 6) is 0.110. The molecule has 1 unspecified atom stereocenters. The fraction of sp³-hybridized carbons (Fsp3) is 0.533. The Morgan fingerprint density at radius 1 is 1.39 bits per heavy atom. The van der Waals surface area contributed by atoms with Crippen LogP contribution in [0, 0.1) is 6.07 Å². The third kappa shape index (κ3) is 7.05. The van der Waals surface area contributed by atoms with Crippen molar-refractivity contribution in [1.82, 2.24) is 0 Å². The molecule has 0 N–H and O–H groups in total. The largest absolute Gasteiger partial charge is 1.00 e. The molecule has 1 aromatic rings. The van der Waals surface area contributed by atoms with Crippen molar-refractivity contribution < 1.29 is 60.9 Å². The topological polar surface area (TPSA) is 26.3 Å².